The first-order valence-electron chi connectivity index (χ1n) is 14.5. The van der Waals surface area contributed by atoms with Crippen LogP contribution >= 0.6 is 15.9 Å². The van der Waals surface area contributed by atoms with E-state index >= 15 is 0 Å². The Labute approximate surface area is 230 Å². The Balaban J connectivity index is 1.48. The molecule has 0 radical (unpaired) electrons. The van der Waals surface area contributed by atoms with Crippen LogP contribution in [-0.2, 0) is 16.6 Å². The fraction of sp³-hybridized carbons (Fsp3) is 0.806. The number of aliphatic carboxylic acids is 1. The SMILES string of the molecule is CC1(C)CC2C3=C(Br)CC4C5(C)Cc6c(N)n[nH]c6C(C)(C)C5CCC4(C)C3(C)CCC2[C@H](C(=O)O)C1. The van der Waals surface area contributed by atoms with Crippen molar-refractivity contribution >= 4 is 27.7 Å². The molecule has 7 unspecified atom stereocenters. The molecular formula is C31H46BrN3O2. The highest BCUT2D eigenvalue weighted by atomic mass is 79.9. The highest BCUT2D eigenvalue weighted by Gasteiger charge is 2.68. The second-order valence-electron chi connectivity index (χ2n) is 15.6. The Morgan fingerprint density at radius 2 is 1.76 bits per heavy atom. The van der Waals surface area contributed by atoms with Crippen LogP contribution in [-0.4, -0.2) is 21.3 Å². The van der Waals surface area contributed by atoms with Crippen LogP contribution in [0.1, 0.15) is 105 Å². The number of fused-ring (bicyclic) bond motifs is 8. The molecular weight excluding hydrogens is 526 g/mol. The molecule has 204 valence electrons. The maximum atomic E-state index is 12.4. The molecule has 0 spiro atoms. The average molecular weight is 573 g/mol. The number of allylic oxidation sites excluding steroid dienone is 2. The van der Waals surface area contributed by atoms with Gasteiger partial charge in [-0.15, -0.1) is 0 Å². The van der Waals surface area contributed by atoms with Crippen molar-refractivity contribution in [3.05, 3.63) is 21.3 Å². The van der Waals surface area contributed by atoms with Crippen LogP contribution < -0.4 is 5.73 Å². The van der Waals surface area contributed by atoms with Gasteiger partial charge in [-0.2, -0.15) is 5.10 Å². The van der Waals surface area contributed by atoms with Crippen LogP contribution in [0.4, 0.5) is 5.82 Å². The molecule has 0 aromatic carbocycles. The second kappa shape index (κ2) is 7.67. The van der Waals surface area contributed by atoms with Crippen molar-refractivity contribution in [2.75, 3.05) is 5.73 Å². The number of carboxylic acids is 1. The summed E-state index contributed by atoms with van der Waals surface area (Å²) in [6.07, 6.45) is 8.52. The van der Waals surface area contributed by atoms with E-state index in [4.69, 9.17) is 5.73 Å². The van der Waals surface area contributed by atoms with Crippen molar-refractivity contribution in [3.63, 3.8) is 0 Å². The third kappa shape index (κ3) is 3.20. The van der Waals surface area contributed by atoms with E-state index < -0.39 is 5.97 Å². The number of aromatic nitrogens is 2. The van der Waals surface area contributed by atoms with Gasteiger partial charge in [0.15, 0.2) is 0 Å². The molecule has 5 aliphatic carbocycles. The highest BCUT2D eigenvalue weighted by molar-refractivity contribution is 9.11. The summed E-state index contributed by atoms with van der Waals surface area (Å²) < 4.78 is 1.39. The summed E-state index contributed by atoms with van der Waals surface area (Å²) in [7, 11) is 0. The Hall–Kier alpha value is -1.30. The van der Waals surface area contributed by atoms with E-state index in [1.807, 2.05) is 0 Å². The van der Waals surface area contributed by atoms with E-state index in [1.54, 1.807) is 5.57 Å². The van der Waals surface area contributed by atoms with Crippen LogP contribution in [0.15, 0.2) is 10.1 Å². The number of anilines is 1. The molecule has 1 aromatic rings. The molecule has 5 nitrogen and oxygen atoms in total. The van der Waals surface area contributed by atoms with E-state index in [0.717, 1.165) is 38.5 Å². The van der Waals surface area contributed by atoms with Crippen molar-refractivity contribution in [2.45, 2.75) is 105 Å². The Morgan fingerprint density at radius 3 is 2.43 bits per heavy atom. The summed E-state index contributed by atoms with van der Waals surface area (Å²) in [5.74, 6) is 1.58. The summed E-state index contributed by atoms with van der Waals surface area (Å²) in [4.78, 5) is 12.4. The van der Waals surface area contributed by atoms with E-state index in [-0.39, 0.29) is 38.9 Å². The van der Waals surface area contributed by atoms with Crippen LogP contribution in [0.25, 0.3) is 0 Å². The normalized spacial score (nSPS) is 45.7. The summed E-state index contributed by atoms with van der Waals surface area (Å²) in [6.45, 7) is 17.1. The fourth-order valence-electron chi connectivity index (χ4n) is 11.3. The number of hydrogen-bond donors (Lipinski definition) is 3. The number of carboxylic acid groups (broad SMARTS) is 1. The number of hydrogen-bond acceptors (Lipinski definition) is 3. The zero-order chi connectivity index (χ0) is 26.9. The van der Waals surface area contributed by atoms with Gasteiger partial charge in [0.05, 0.1) is 5.92 Å². The minimum Gasteiger partial charge on any atom is -0.481 e. The zero-order valence-electron chi connectivity index (χ0n) is 23.8. The van der Waals surface area contributed by atoms with Gasteiger partial charge in [0.1, 0.15) is 5.82 Å². The molecule has 0 saturated heterocycles. The van der Waals surface area contributed by atoms with Gasteiger partial charge in [0, 0.05) is 16.7 Å². The second-order valence-corrected chi connectivity index (χ2v) is 16.6. The third-order valence-electron chi connectivity index (χ3n) is 13.1. The Morgan fingerprint density at radius 1 is 1.05 bits per heavy atom. The number of nitrogen functional groups attached to an aromatic ring is 1. The van der Waals surface area contributed by atoms with Gasteiger partial charge in [-0.3, -0.25) is 9.89 Å². The van der Waals surface area contributed by atoms with Gasteiger partial charge >= 0.3 is 5.97 Å². The number of aromatic amines is 1. The summed E-state index contributed by atoms with van der Waals surface area (Å²) in [5, 5.41) is 18.0. The fourth-order valence-corrected chi connectivity index (χ4v) is 12.4. The highest BCUT2D eigenvalue weighted by Crippen LogP contribution is 2.75. The summed E-state index contributed by atoms with van der Waals surface area (Å²) in [6, 6.07) is 0. The van der Waals surface area contributed by atoms with Gasteiger partial charge in [0.25, 0.3) is 0 Å². The molecule has 37 heavy (non-hydrogen) atoms. The van der Waals surface area contributed by atoms with Gasteiger partial charge in [-0.05, 0) is 101 Å². The number of H-pyrrole nitrogens is 1. The minimum absolute atomic E-state index is 0.00538. The molecule has 0 aliphatic heterocycles. The molecule has 8 atom stereocenters. The number of rotatable bonds is 1. The van der Waals surface area contributed by atoms with E-state index in [9.17, 15) is 9.90 Å². The molecule has 3 fully saturated rings. The first kappa shape index (κ1) is 26.0. The van der Waals surface area contributed by atoms with Gasteiger partial charge in [0.2, 0.25) is 0 Å². The lowest BCUT2D eigenvalue weighted by Gasteiger charge is -2.70. The van der Waals surface area contributed by atoms with E-state index in [2.05, 4.69) is 74.6 Å². The van der Waals surface area contributed by atoms with Crippen LogP contribution in [0.5, 0.6) is 0 Å². The van der Waals surface area contributed by atoms with E-state index in [1.165, 1.54) is 28.6 Å². The smallest absolute Gasteiger partial charge is 0.306 e. The van der Waals surface area contributed by atoms with Gasteiger partial charge < -0.3 is 10.8 Å². The first-order chi connectivity index (χ1) is 17.1. The zero-order valence-corrected chi connectivity index (χ0v) is 25.4. The lowest BCUT2D eigenvalue weighted by Crippen LogP contribution is -2.64. The average Bonchev–Trinajstić information content (AvgIpc) is 3.14. The quantitative estimate of drug-likeness (QED) is 0.326. The Kier molecular flexibility index (Phi) is 5.38. The molecule has 0 amide bonds. The van der Waals surface area contributed by atoms with Crippen LogP contribution in [0.3, 0.4) is 0 Å². The van der Waals surface area contributed by atoms with Crippen molar-refractivity contribution in [1.82, 2.24) is 10.2 Å². The number of nitrogens with one attached hydrogen (secondary N) is 1. The van der Waals surface area contributed by atoms with Crippen molar-refractivity contribution in [2.24, 2.45) is 51.2 Å². The molecule has 1 aromatic heterocycles. The minimum atomic E-state index is -0.589. The van der Waals surface area contributed by atoms with Crippen LogP contribution in [0, 0.1) is 51.2 Å². The third-order valence-corrected chi connectivity index (χ3v) is 13.8. The number of nitrogens with zero attached hydrogens (tertiary/aromatic N) is 1. The van der Waals surface area contributed by atoms with Crippen molar-refractivity contribution in [3.8, 4) is 0 Å². The van der Waals surface area contributed by atoms with Crippen molar-refractivity contribution in [1.29, 1.82) is 0 Å². The lowest BCUT2D eigenvalue weighted by atomic mass is 9.34. The Bertz CT molecular complexity index is 1200. The molecule has 4 N–H and O–H groups in total. The predicted molar refractivity (Wildman–Crippen MR) is 151 cm³/mol. The predicted octanol–water partition coefficient (Wildman–Crippen LogP) is 7.47. The maximum Gasteiger partial charge on any atom is 0.306 e. The standard InChI is InChI=1S/C31H46BrN3O2/c1-27(2)13-17-16(18(14-27)26(36)37)8-10-31(7)23(17)20(32)12-22-29(5)15-19-24(34-35-25(19)33)28(3,4)21(29)9-11-30(22,31)6/h16-18,21-22H,8-15H2,1-7H3,(H,36,37)(H3,33,34,35)/t16?,17?,18-,21?,22?,29?,30?,31?/m1/s1. The van der Waals surface area contributed by atoms with Gasteiger partial charge in [-0.1, -0.05) is 70.0 Å². The van der Waals surface area contributed by atoms with Gasteiger partial charge in [-0.25, -0.2) is 0 Å². The molecule has 0 bridgehead atoms. The maximum absolute atomic E-state index is 12.4. The first-order valence-corrected chi connectivity index (χ1v) is 15.3. The summed E-state index contributed by atoms with van der Waals surface area (Å²) in [5.41, 5.74) is 11.0. The number of carbonyl (C=O) groups is 1. The molecule has 1 heterocycles. The molecule has 5 aliphatic rings. The van der Waals surface area contributed by atoms with E-state index in [0.29, 0.717) is 23.6 Å². The lowest BCUT2D eigenvalue weighted by molar-refractivity contribution is -0.162. The number of halogens is 1. The summed E-state index contributed by atoms with van der Waals surface area (Å²) >= 11 is 4.20. The molecule has 6 rings (SSSR count). The topological polar surface area (TPSA) is 92.0 Å². The van der Waals surface area contributed by atoms with Crippen molar-refractivity contribution < 1.29 is 9.90 Å². The largest absolute Gasteiger partial charge is 0.481 e. The molecule has 6 heteroatoms. The monoisotopic (exact) mass is 571 g/mol. The van der Waals surface area contributed by atoms with Crippen LogP contribution in [0.2, 0.25) is 0 Å². The molecule has 3 saturated carbocycles. The number of nitrogens with two attached hydrogens (primary N) is 1.